The third kappa shape index (κ3) is 4.41. The lowest BCUT2D eigenvalue weighted by Crippen LogP contribution is -2.27. The number of thioether (sulfide) groups is 1. The molecular weight excluding hydrogens is 372 g/mol. The standard InChI is InChI=1S/C21H20N4O2S/c1-13(17-8-6-16(11-22)7-9-17)24-20(26)18-5-4-10-23-21(18)28-12-19-14(2)25-27-15(19)3/h4-10,13H,12H2,1-3H3,(H,24,26). The van der Waals surface area contributed by atoms with Gasteiger partial charge in [-0.2, -0.15) is 5.26 Å². The van der Waals surface area contributed by atoms with Gasteiger partial charge in [0.1, 0.15) is 10.8 Å². The van der Waals surface area contributed by atoms with Gasteiger partial charge in [0, 0.05) is 17.5 Å². The van der Waals surface area contributed by atoms with Crippen molar-refractivity contribution in [3.05, 3.63) is 76.3 Å². The summed E-state index contributed by atoms with van der Waals surface area (Å²) < 4.78 is 5.20. The molecule has 28 heavy (non-hydrogen) atoms. The van der Waals surface area contributed by atoms with Gasteiger partial charge in [-0.25, -0.2) is 4.98 Å². The predicted octanol–water partition coefficient (Wildman–Crippen LogP) is 4.34. The second-order valence-electron chi connectivity index (χ2n) is 6.38. The van der Waals surface area contributed by atoms with E-state index in [-0.39, 0.29) is 11.9 Å². The summed E-state index contributed by atoms with van der Waals surface area (Å²) in [5.41, 5.74) is 3.92. The Morgan fingerprint density at radius 3 is 2.68 bits per heavy atom. The summed E-state index contributed by atoms with van der Waals surface area (Å²) in [6.45, 7) is 5.69. The second-order valence-corrected chi connectivity index (χ2v) is 7.34. The van der Waals surface area contributed by atoms with E-state index in [9.17, 15) is 4.79 Å². The van der Waals surface area contributed by atoms with Gasteiger partial charge < -0.3 is 9.84 Å². The maximum atomic E-state index is 12.8. The Labute approximate surface area is 168 Å². The van der Waals surface area contributed by atoms with Crippen LogP contribution in [0.5, 0.6) is 0 Å². The molecule has 0 aliphatic rings. The maximum Gasteiger partial charge on any atom is 0.254 e. The molecule has 0 bridgehead atoms. The van der Waals surface area contributed by atoms with Crippen LogP contribution in [-0.4, -0.2) is 16.0 Å². The van der Waals surface area contributed by atoms with Crippen LogP contribution in [-0.2, 0) is 5.75 Å². The minimum Gasteiger partial charge on any atom is -0.361 e. The van der Waals surface area contributed by atoms with Crippen LogP contribution in [0.15, 0.2) is 52.1 Å². The van der Waals surface area contributed by atoms with Gasteiger partial charge in [0.2, 0.25) is 0 Å². The first-order valence-corrected chi connectivity index (χ1v) is 9.78. The summed E-state index contributed by atoms with van der Waals surface area (Å²) in [7, 11) is 0. The zero-order valence-corrected chi connectivity index (χ0v) is 16.7. The van der Waals surface area contributed by atoms with Gasteiger partial charge in [0.25, 0.3) is 5.91 Å². The molecule has 3 aromatic rings. The van der Waals surface area contributed by atoms with Crippen molar-refractivity contribution in [2.45, 2.75) is 37.6 Å². The minimum atomic E-state index is -0.194. The van der Waals surface area contributed by atoms with Crippen molar-refractivity contribution in [1.82, 2.24) is 15.5 Å². The predicted molar refractivity (Wildman–Crippen MR) is 107 cm³/mol. The zero-order chi connectivity index (χ0) is 20.1. The Bertz CT molecular complexity index is 1000. The van der Waals surface area contributed by atoms with Crippen molar-refractivity contribution in [3.8, 4) is 6.07 Å². The van der Waals surface area contributed by atoms with Gasteiger partial charge in [-0.15, -0.1) is 11.8 Å². The number of pyridine rings is 1. The van der Waals surface area contributed by atoms with E-state index in [1.165, 1.54) is 11.8 Å². The molecule has 0 saturated carbocycles. The average molecular weight is 392 g/mol. The first-order chi connectivity index (χ1) is 13.5. The van der Waals surface area contributed by atoms with E-state index in [1.54, 1.807) is 30.5 Å². The molecule has 0 spiro atoms. The van der Waals surface area contributed by atoms with E-state index < -0.39 is 0 Å². The lowest BCUT2D eigenvalue weighted by molar-refractivity contribution is 0.0936. The molecule has 0 radical (unpaired) electrons. The fraction of sp³-hybridized carbons (Fsp3) is 0.238. The summed E-state index contributed by atoms with van der Waals surface area (Å²) >= 11 is 1.48. The van der Waals surface area contributed by atoms with Crippen LogP contribution in [0.2, 0.25) is 0 Å². The van der Waals surface area contributed by atoms with Gasteiger partial charge in [-0.05, 0) is 50.6 Å². The number of hydrogen-bond donors (Lipinski definition) is 1. The number of nitrogens with zero attached hydrogens (tertiary/aromatic N) is 3. The molecule has 2 heterocycles. The number of amides is 1. The van der Waals surface area contributed by atoms with Crippen molar-refractivity contribution in [2.24, 2.45) is 0 Å². The van der Waals surface area contributed by atoms with E-state index >= 15 is 0 Å². The summed E-state index contributed by atoms with van der Waals surface area (Å²) in [5, 5.41) is 16.5. The largest absolute Gasteiger partial charge is 0.361 e. The van der Waals surface area contributed by atoms with Crippen LogP contribution in [0, 0.1) is 25.2 Å². The van der Waals surface area contributed by atoms with Crippen LogP contribution < -0.4 is 5.32 Å². The number of nitrogens with one attached hydrogen (secondary N) is 1. The van der Waals surface area contributed by atoms with Crippen molar-refractivity contribution in [3.63, 3.8) is 0 Å². The first-order valence-electron chi connectivity index (χ1n) is 8.80. The molecule has 7 heteroatoms. The topological polar surface area (TPSA) is 91.8 Å². The molecule has 0 aliphatic heterocycles. The third-order valence-electron chi connectivity index (χ3n) is 4.44. The highest BCUT2D eigenvalue weighted by Crippen LogP contribution is 2.27. The van der Waals surface area contributed by atoms with Gasteiger partial charge in [-0.3, -0.25) is 4.79 Å². The molecule has 1 aromatic carbocycles. The summed E-state index contributed by atoms with van der Waals surface area (Å²) in [6, 6.07) is 12.6. The number of aryl methyl sites for hydroxylation is 2. The number of nitriles is 1. The summed E-state index contributed by atoms with van der Waals surface area (Å²) in [5.74, 6) is 1.22. The number of rotatable bonds is 6. The molecule has 1 unspecified atom stereocenters. The second kappa shape index (κ2) is 8.72. The molecule has 3 rings (SSSR count). The molecule has 2 aromatic heterocycles. The Morgan fingerprint density at radius 2 is 2.04 bits per heavy atom. The lowest BCUT2D eigenvalue weighted by Gasteiger charge is -2.15. The summed E-state index contributed by atoms with van der Waals surface area (Å²) in [4.78, 5) is 17.2. The molecule has 0 aliphatic carbocycles. The maximum absolute atomic E-state index is 12.8. The van der Waals surface area contributed by atoms with Gasteiger partial charge in [-0.1, -0.05) is 17.3 Å². The Balaban J connectivity index is 1.72. The normalized spacial score (nSPS) is 11.6. The molecule has 0 fully saturated rings. The number of hydrogen-bond acceptors (Lipinski definition) is 6. The van der Waals surface area contributed by atoms with Crippen molar-refractivity contribution in [2.75, 3.05) is 0 Å². The molecule has 6 nitrogen and oxygen atoms in total. The molecule has 142 valence electrons. The van der Waals surface area contributed by atoms with Crippen molar-refractivity contribution >= 4 is 17.7 Å². The number of carbonyl (C=O) groups excluding carboxylic acids is 1. The molecule has 1 amide bonds. The van der Waals surface area contributed by atoms with E-state index in [4.69, 9.17) is 9.78 Å². The van der Waals surface area contributed by atoms with E-state index in [0.29, 0.717) is 21.9 Å². The fourth-order valence-electron chi connectivity index (χ4n) is 2.73. The van der Waals surface area contributed by atoms with Gasteiger partial charge >= 0.3 is 0 Å². The Kier molecular flexibility index (Phi) is 6.12. The highest BCUT2D eigenvalue weighted by Gasteiger charge is 2.17. The van der Waals surface area contributed by atoms with E-state index in [2.05, 4.69) is 21.5 Å². The highest BCUT2D eigenvalue weighted by molar-refractivity contribution is 7.98. The number of aromatic nitrogens is 2. The first kappa shape index (κ1) is 19.6. The fourth-order valence-corrected chi connectivity index (χ4v) is 3.88. The van der Waals surface area contributed by atoms with Crippen molar-refractivity contribution in [1.29, 1.82) is 5.26 Å². The molecular formula is C21H20N4O2S. The van der Waals surface area contributed by atoms with Gasteiger partial charge in [0.15, 0.2) is 0 Å². The quantitative estimate of drug-likeness (QED) is 0.627. The van der Waals surface area contributed by atoms with Crippen LogP contribution in [0.1, 0.15) is 51.5 Å². The highest BCUT2D eigenvalue weighted by atomic mass is 32.2. The SMILES string of the molecule is Cc1noc(C)c1CSc1ncccc1C(=O)NC(C)c1ccc(C#N)cc1. The van der Waals surface area contributed by atoms with Crippen molar-refractivity contribution < 1.29 is 9.32 Å². The smallest absolute Gasteiger partial charge is 0.254 e. The minimum absolute atomic E-state index is 0.189. The molecule has 0 saturated heterocycles. The van der Waals surface area contributed by atoms with E-state index in [1.807, 2.05) is 32.9 Å². The number of carbonyl (C=O) groups is 1. The number of benzene rings is 1. The average Bonchev–Trinajstić information content (AvgIpc) is 3.04. The molecule has 1 atom stereocenters. The Morgan fingerprint density at radius 1 is 1.29 bits per heavy atom. The van der Waals surface area contributed by atoms with Crippen LogP contribution in [0.25, 0.3) is 0 Å². The molecule has 1 N–H and O–H groups in total. The lowest BCUT2D eigenvalue weighted by atomic mass is 10.1. The van der Waals surface area contributed by atoms with Gasteiger partial charge in [0.05, 0.1) is 28.9 Å². The van der Waals surface area contributed by atoms with E-state index in [0.717, 1.165) is 22.6 Å². The van der Waals surface area contributed by atoms with Crippen LogP contribution in [0.3, 0.4) is 0 Å². The third-order valence-corrected chi connectivity index (χ3v) is 5.47. The van der Waals surface area contributed by atoms with Crippen LogP contribution >= 0.6 is 11.8 Å². The zero-order valence-electron chi connectivity index (χ0n) is 15.9. The summed E-state index contributed by atoms with van der Waals surface area (Å²) in [6.07, 6.45) is 1.68. The Hall–Kier alpha value is -3.11. The van der Waals surface area contributed by atoms with Crippen LogP contribution in [0.4, 0.5) is 0 Å². The monoisotopic (exact) mass is 392 g/mol.